The maximum atomic E-state index is 12.9. The Bertz CT molecular complexity index is 131. The lowest BCUT2D eigenvalue weighted by Crippen LogP contribution is -2.25. The highest BCUT2D eigenvalue weighted by Crippen LogP contribution is 2.38. The Morgan fingerprint density at radius 1 is 1.80 bits per heavy atom. The zero-order valence-electron chi connectivity index (χ0n) is 6.75. The van der Waals surface area contributed by atoms with Gasteiger partial charge in [0.2, 0.25) is 0 Å². The van der Waals surface area contributed by atoms with E-state index in [1.165, 1.54) is 0 Å². The Morgan fingerprint density at radius 2 is 2.20 bits per heavy atom. The number of rotatable bonds is 3. The molecule has 0 fully saturated rings. The minimum atomic E-state index is -0.843. The summed E-state index contributed by atoms with van der Waals surface area (Å²) in [5, 5.41) is 0. The lowest BCUT2D eigenvalue weighted by Gasteiger charge is -2.28. The van der Waals surface area contributed by atoms with Gasteiger partial charge >= 0.3 is 0 Å². The van der Waals surface area contributed by atoms with Crippen LogP contribution in [-0.4, -0.2) is 6.17 Å². The van der Waals surface area contributed by atoms with E-state index in [0.29, 0.717) is 0 Å². The van der Waals surface area contributed by atoms with Gasteiger partial charge in [0, 0.05) is 5.41 Å². The molecule has 10 heavy (non-hydrogen) atoms. The van der Waals surface area contributed by atoms with Gasteiger partial charge in [-0.15, -0.1) is 0 Å². The Morgan fingerprint density at radius 3 is 2.20 bits per heavy atom. The molecule has 0 aliphatic rings. The predicted molar refractivity (Wildman–Crippen MR) is 47.0 cm³/mol. The first kappa shape index (κ1) is 10.2. The van der Waals surface area contributed by atoms with Crippen molar-refractivity contribution in [3.63, 3.8) is 0 Å². The van der Waals surface area contributed by atoms with Gasteiger partial charge in [0.25, 0.3) is 0 Å². The van der Waals surface area contributed by atoms with Crippen molar-refractivity contribution in [2.24, 2.45) is 5.41 Å². The van der Waals surface area contributed by atoms with Crippen LogP contribution in [0, 0.1) is 5.41 Å². The van der Waals surface area contributed by atoms with Crippen LogP contribution in [0.3, 0.4) is 0 Å². The zero-order chi connectivity index (χ0) is 8.36. The van der Waals surface area contributed by atoms with E-state index in [4.69, 9.17) is 0 Å². The molecular formula is C8H14BrF. The molecular weight excluding hydrogens is 195 g/mol. The van der Waals surface area contributed by atoms with Gasteiger partial charge in [0.1, 0.15) is 6.17 Å². The average molecular weight is 209 g/mol. The van der Waals surface area contributed by atoms with Crippen molar-refractivity contribution in [3.05, 3.63) is 11.1 Å². The summed E-state index contributed by atoms with van der Waals surface area (Å²) in [5.41, 5.74) is -0.403. The fourth-order valence-electron chi connectivity index (χ4n) is 0.689. The van der Waals surface area contributed by atoms with E-state index in [1.807, 2.05) is 13.8 Å². The molecule has 0 rings (SSSR count). The van der Waals surface area contributed by atoms with Crippen molar-refractivity contribution in [2.45, 2.75) is 33.4 Å². The fourth-order valence-corrected chi connectivity index (χ4v) is 1.28. The lowest BCUT2D eigenvalue weighted by atomic mass is 9.83. The molecule has 60 valence electrons. The molecule has 2 heteroatoms. The zero-order valence-corrected chi connectivity index (χ0v) is 8.33. The van der Waals surface area contributed by atoms with Gasteiger partial charge < -0.3 is 0 Å². The molecule has 0 amide bonds. The predicted octanol–water partition coefficient (Wildman–Crippen LogP) is 3.67. The number of alkyl halides is 1. The van der Waals surface area contributed by atoms with Crippen LogP contribution in [0.15, 0.2) is 11.1 Å². The largest absolute Gasteiger partial charge is 0.247 e. The second-order valence-corrected chi connectivity index (χ2v) is 3.75. The first-order chi connectivity index (χ1) is 4.45. The highest BCUT2D eigenvalue weighted by molar-refractivity contribution is 9.11. The van der Waals surface area contributed by atoms with E-state index in [0.717, 1.165) is 10.9 Å². The summed E-state index contributed by atoms with van der Waals surface area (Å²) < 4.78 is 13.7. The normalized spacial score (nSPS) is 19.7. The third kappa shape index (κ3) is 1.82. The number of allylic oxidation sites excluding steroid dienone is 1. The minimum Gasteiger partial charge on any atom is -0.247 e. The smallest absolute Gasteiger partial charge is 0.107 e. The van der Waals surface area contributed by atoms with Crippen molar-refractivity contribution in [1.82, 2.24) is 0 Å². The van der Waals surface area contributed by atoms with Crippen molar-refractivity contribution in [3.8, 4) is 0 Å². The maximum Gasteiger partial charge on any atom is 0.107 e. The minimum absolute atomic E-state index is 0.403. The summed E-state index contributed by atoms with van der Waals surface area (Å²) in [4.78, 5) is 0. The van der Waals surface area contributed by atoms with E-state index in [1.54, 1.807) is 6.92 Å². The standard InChI is InChI=1S/C8H14BrF/c1-5-8(4,6(2)9)7(3)10/h7H,2,5H2,1,3-4H3/t7?,8-/m1/s1. The third-order valence-electron chi connectivity index (χ3n) is 2.23. The summed E-state index contributed by atoms with van der Waals surface area (Å²) >= 11 is 3.22. The molecule has 0 aromatic rings. The summed E-state index contributed by atoms with van der Waals surface area (Å²) in [6.07, 6.45) is -0.0706. The first-order valence-corrected chi connectivity index (χ1v) is 4.23. The summed E-state index contributed by atoms with van der Waals surface area (Å²) in [7, 11) is 0. The molecule has 0 aromatic carbocycles. The molecule has 0 spiro atoms. The van der Waals surface area contributed by atoms with Crippen LogP contribution >= 0.6 is 15.9 Å². The van der Waals surface area contributed by atoms with Gasteiger partial charge in [0.05, 0.1) is 0 Å². The molecule has 0 bridgehead atoms. The topological polar surface area (TPSA) is 0 Å². The molecule has 0 aliphatic carbocycles. The SMILES string of the molecule is C=C(Br)[C@@](C)(CC)C(C)F. The quantitative estimate of drug-likeness (QED) is 0.665. The molecule has 0 radical (unpaired) electrons. The van der Waals surface area contributed by atoms with Crippen molar-refractivity contribution >= 4 is 15.9 Å². The summed E-state index contributed by atoms with van der Waals surface area (Å²) in [6.45, 7) is 9.09. The molecule has 0 N–H and O–H groups in total. The van der Waals surface area contributed by atoms with Gasteiger partial charge in [-0.3, -0.25) is 0 Å². The molecule has 0 nitrogen and oxygen atoms in total. The van der Waals surface area contributed by atoms with Crippen molar-refractivity contribution in [1.29, 1.82) is 0 Å². The van der Waals surface area contributed by atoms with Crippen LogP contribution < -0.4 is 0 Å². The second-order valence-electron chi connectivity index (χ2n) is 2.79. The Hall–Kier alpha value is 0.150. The number of hydrogen-bond donors (Lipinski definition) is 0. The fraction of sp³-hybridized carbons (Fsp3) is 0.750. The number of hydrogen-bond acceptors (Lipinski definition) is 0. The van der Waals surface area contributed by atoms with Crippen LogP contribution in [0.4, 0.5) is 4.39 Å². The highest BCUT2D eigenvalue weighted by Gasteiger charge is 2.31. The van der Waals surface area contributed by atoms with Gasteiger partial charge in [-0.25, -0.2) is 4.39 Å². The van der Waals surface area contributed by atoms with Gasteiger partial charge in [-0.1, -0.05) is 36.4 Å². The summed E-state index contributed by atoms with van der Waals surface area (Å²) in [6, 6.07) is 0. The first-order valence-electron chi connectivity index (χ1n) is 3.44. The molecule has 2 atom stereocenters. The molecule has 0 aromatic heterocycles. The molecule has 1 unspecified atom stereocenters. The van der Waals surface area contributed by atoms with Crippen LogP contribution in [0.1, 0.15) is 27.2 Å². The van der Waals surface area contributed by atoms with Crippen molar-refractivity contribution in [2.75, 3.05) is 0 Å². The van der Waals surface area contributed by atoms with Crippen LogP contribution in [0.2, 0.25) is 0 Å². The average Bonchev–Trinajstić information content (AvgIpc) is 1.85. The second kappa shape index (κ2) is 3.51. The Balaban J connectivity index is 4.38. The van der Waals surface area contributed by atoms with Gasteiger partial charge in [-0.05, 0) is 17.8 Å². The third-order valence-corrected chi connectivity index (χ3v) is 3.14. The highest BCUT2D eigenvalue weighted by atomic mass is 79.9. The Kier molecular flexibility index (Phi) is 3.57. The van der Waals surface area contributed by atoms with E-state index in [2.05, 4.69) is 22.5 Å². The monoisotopic (exact) mass is 208 g/mol. The van der Waals surface area contributed by atoms with E-state index >= 15 is 0 Å². The number of halogens is 2. The molecule has 0 heterocycles. The molecule has 0 saturated heterocycles. The van der Waals surface area contributed by atoms with E-state index in [-0.39, 0.29) is 0 Å². The maximum absolute atomic E-state index is 12.9. The summed E-state index contributed by atoms with van der Waals surface area (Å²) in [5.74, 6) is 0. The molecule has 0 aliphatic heterocycles. The van der Waals surface area contributed by atoms with E-state index in [9.17, 15) is 4.39 Å². The van der Waals surface area contributed by atoms with Crippen molar-refractivity contribution < 1.29 is 4.39 Å². The van der Waals surface area contributed by atoms with Gasteiger partial charge in [0.15, 0.2) is 0 Å². The van der Waals surface area contributed by atoms with Crippen LogP contribution in [0.25, 0.3) is 0 Å². The van der Waals surface area contributed by atoms with Gasteiger partial charge in [-0.2, -0.15) is 0 Å². The van der Waals surface area contributed by atoms with Crippen LogP contribution in [-0.2, 0) is 0 Å². The molecule has 0 saturated carbocycles. The Labute approximate surface area is 70.6 Å². The lowest BCUT2D eigenvalue weighted by molar-refractivity contribution is 0.184. The van der Waals surface area contributed by atoms with E-state index < -0.39 is 11.6 Å². The van der Waals surface area contributed by atoms with Crippen LogP contribution in [0.5, 0.6) is 0 Å².